The lowest BCUT2D eigenvalue weighted by Gasteiger charge is -2.15. The molecule has 2 aromatic rings. The highest BCUT2D eigenvalue weighted by molar-refractivity contribution is 5.89. The van der Waals surface area contributed by atoms with Crippen LogP contribution in [0.4, 0.5) is 0 Å². The molecule has 0 atom stereocenters. The third kappa shape index (κ3) is 6.99. The van der Waals surface area contributed by atoms with Crippen molar-refractivity contribution in [1.29, 1.82) is 0 Å². The molecule has 0 bridgehead atoms. The van der Waals surface area contributed by atoms with E-state index in [1.54, 1.807) is 24.3 Å². The molecule has 140 valence electrons. The predicted octanol–water partition coefficient (Wildman–Crippen LogP) is 4.18. The number of nitrogens with zero attached hydrogens (tertiary/aromatic N) is 1. The highest BCUT2D eigenvalue weighted by Gasteiger charge is 2.12. The van der Waals surface area contributed by atoms with Gasteiger partial charge in [0.2, 0.25) is 5.91 Å². The minimum atomic E-state index is -0.400. The van der Waals surface area contributed by atoms with Crippen molar-refractivity contribution >= 4 is 11.9 Å². The maximum absolute atomic E-state index is 12.4. The minimum Gasteiger partial charge on any atom is -0.460 e. The molecule has 4 nitrogen and oxygen atoms in total. The SMILES string of the molecule is CCCCC(=O)N(C#Cc1ccc(C)cc1)CCOC(=O)c1ccccc1. The molecule has 0 heterocycles. The summed E-state index contributed by atoms with van der Waals surface area (Å²) in [7, 11) is 0. The minimum absolute atomic E-state index is 0.0489. The molecular weight excluding hydrogens is 338 g/mol. The Balaban J connectivity index is 1.98. The number of carbonyl (C=O) groups excluding carboxylic acids is 2. The van der Waals surface area contributed by atoms with Gasteiger partial charge in [-0.15, -0.1) is 0 Å². The van der Waals surface area contributed by atoms with E-state index in [4.69, 9.17) is 4.74 Å². The molecule has 0 radical (unpaired) electrons. The molecule has 0 saturated carbocycles. The molecule has 0 aliphatic carbocycles. The molecular formula is C23H25NO3. The number of hydrogen-bond donors (Lipinski definition) is 0. The number of amides is 1. The lowest BCUT2D eigenvalue weighted by molar-refractivity contribution is -0.128. The standard InChI is InChI=1S/C23H25NO3/c1-3-4-10-22(25)24(16-15-20-13-11-19(2)12-14-20)17-18-27-23(26)21-8-6-5-7-9-21/h5-9,11-14H,3-4,10,17-18H2,1-2H3. The molecule has 0 fully saturated rings. The molecule has 0 spiro atoms. The summed E-state index contributed by atoms with van der Waals surface area (Å²) < 4.78 is 5.28. The molecule has 0 aliphatic rings. The van der Waals surface area contributed by atoms with Gasteiger partial charge < -0.3 is 4.74 Å². The quantitative estimate of drug-likeness (QED) is 0.421. The van der Waals surface area contributed by atoms with Crippen molar-refractivity contribution in [2.45, 2.75) is 33.1 Å². The van der Waals surface area contributed by atoms with Crippen molar-refractivity contribution in [3.8, 4) is 12.0 Å². The first-order chi connectivity index (χ1) is 13.1. The molecule has 2 aromatic carbocycles. The third-order valence-electron chi connectivity index (χ3n) is 3.99. The average molecular weight is 363 g/mol. The number of hydrogen-bond acceptors (Lipinski definition) is 3. The van der Waals surface area contributed by atoms with Crippen molar-refractivity contribution in [1.82, 2.24) is 4.90 Å². The Morgan fingerprint density at radius 2 is 1.74 bits per heavy atom. The second-order valence-corrected chi connectivity index (χ2v) is 6.25. The van der Waals surface area contributed by atoms with Crippen molar-refractivity contribution < 1.29 is 14.3 Å². The Labute approximate surface area is 161 Å². The smallest absolute Gasteiger partial charge is 0.338 e. The summed E-state index contributed by atoms with van der Waals surface area (Å²) in [5.74, 6) is 2.56. The van der Waals surface area contributed by atoms with Gasteiger partial charge in [0.1, 0.15) is 6.61 Å². The number of esters is 1. The van der Waals surface area contributed by atoms with Crippen LogP contribution in [0, 0.1) is 18.9 Å². The monoisotopic (exact) mass is 363 g/mol. The highest BCUT2D eigenvalue weighted by Crippen LogP contribution is 2.05. The van der Waals surface area contributed by atoms with E-state index in [2.05, 4.69) is 12.0 Å². The van der Waals surface area contributed by atoms with Crippen LogP contribution in [-0.2, 0) is 9.53 Å². The Kier molecular flexibility index (Phi) is 8.12. The Bertz CT molecular complexity index is 801. The third-order valence-corrected chi connectivity index (χ3v) is 3.99. The predicted molar refractivity (Wildman–Crippen MR) is 106 cm³/mol. The normalized spacial score (nSPS) is 9.85. The second-order valence-electron chi connectivity index (χ2n) is 6.25. The second kappa shape index (κ2) is 10.8. The van der Waals surface area contributed by atoms with Crippen LogP contribution < -0.4 is 0 Å². The first-order valence-corrected chi connectivity index (χ1v) is 9.21. The van der Waals surface area contributed by atoms with Crippen LogP contribution in [0.15, 0.2) is 54.6 Å². The zero-order valence-corrected chi connectivity index (χ0v) is 15.9. The number of ether oxygens (including phenoxy) is 1. The summed E-state index contributed by atoms with van der Waals surface area (Å²) in [4.78, 5) is 25.9. The van der Waals surface area contributed by atoms with Crippen LogP contribution >= 0.6 is 0 Å². The summed E-state index contributed by atoms with van der Waals surface area (Å²) in [5, 5.41) is 0. The fourth-order valence-electron chi connectivity index (χ4n) is 2.36. The molecule has 27 heavy (non-hydrogen) atoms. The van der Waals surface area contributed by atoms with Gasteiger partial charge in [-0.2, -0.15) is 0 Å². The Morgan fingerprint density at radius 3 is 2.41 bits per heavy atom. The fraction of sp³-hybridized carbons (Fsp3) is 0.304. The molecule has 4 heteroatoms. The maximum atomic E-state index is 12.4. The lowest BCUT2D eigenvalue weighted by atomic mass is 10.2. The first kappa shape index (κ1) is 20.3. The number of benzene rings is 2. The molecule has 1 amide bonds. The lowest BCUT2D eigenvalue weighted by Crippen LogP contribution is -2.30. The zero-order valence-electron chi connectivity index (χ0n) is 15.9. The molecule has 0 saturated heterocycles. The molecule has 2 rings (SSSR count). The van der Waals surface area contributed by atoms with E-state index in [0.29, 0.717) is 12.0 Å². The number of aryl methyl sites for hydroxylation is 1. The summed E-state index contributed by atoms with van der Waals surface area (Å²) >= 11 is 0. The van der Waals surface area contributed by atoms with E-state index in [9.17, 15) is 9.59 Å². The summed E-state index contributed by atoms with van der Waals surface area (Å²) in [6, 6.07) is 19.5. The van der Waals surface area contributed by atoms with Gasteiger partial charge in [-0.05, 0) is 43.5 Å². The fourth-order valence-corrected chi connectivity index (χ4v) is 2.36. The largest absolute Gasteiger partial charge is 0.460 e. The van der Waals surface area contributed by atoms with Crippen LogP contribution in [0.5, 0.6) is 0 Å². The van der Waals surface area contributed by atoms with Gasteiger partial charge in [-0.25, -0.2) is 4.79 Å². The highest BCUT2D eigenvalue weighted by atomic mass is 16.5. The number of carbonyl (C=O) groups is 2. The van der Waals surface area contributed by atoms with E-state index in [-0.39, 0.29) is 19.1 Å². The topological polar surface area (TPSA) is 46.6 Å². The van der Waals surface area contributed by atoms with Crippen molar-refractivity contribution in [3.05, 3.63) is 71.3 Å². The van der Waals surface area contributed by atoms with E-state index in [0.717, 1.165) is 24.0 Å². The van der Waals surface area contributed by atoms with Gasteiger partial charge in [-0.3, -0.25) is 9.69 Å². The van der Waals surface area contributed by atoms with Crippen LogP contribution in [0.3, 0.4) is 0 Å². The van der Waals surface area contributed by atoms with Gasteiger partial charge in [-0.1, -0.05) is 49.2 Å². The molecule has 0 N–H and O–H groups in total. The van der Waals surface area contributed by atoms with Crippen molar-refractivity contribution in [2.24, 2.45) is 0 Å². The van der Waals surface area contributed by atoms with E-state index in [1.807, 2.05) is 44.2 Å². The Morgan fingerprint density at radius 1 is 1.04 bits per heavy atom. The van der Waals surface area contributed by atoms with Gasteiger partial charge in [0, 0.05) is 18.0 Å². The number of unbranched alkanes of at least 4 members (excludes halogenated alkanes) is 1. The molecule has 0 aromatic heterocycles. The number of rotatable bonds is 7. The average Bonchev–Trinajstić information content (AvgIpc) is 2.70. The van der Waals surface area contributed by atoms with E-state index < -0.39 is 5.97 Å². The summed E-state index contributed by atoms with van der Waals surface area (Å²) in [6.07, 6.45) is 2.19. The zero-order chi connectivity index (χ0) is 19.5. The summed E-state index contributed by atoms with van der Waals surface area (Å²) in [5.41, 5.74) is 2.49. The van der Waals surface area contributed by atoms with Crippen molar-refractivity contribution in [3.63, 3.8) is 0 Å². The first-order valence-electron chi connectivity index (χ1n) is 9.21. The van der Waals surface area contributed by atoms with Gasteiger partial charge in [0.25, 0.3) is 0 Å². The van der Waals surface area contributed by atoms with Gasteiger partial charge in [0.05, 0.1) is 12.1 Å². The molecule has 0 aliphatic heterocycles. The van der Waals surface area contributed by atoms with Gasteiger partial charge in [0.15, 0.2) is 0 Å². The van der Waals surface area contributed by atoms with Crippen LogP contribution in [-0.4, -0.2) is 29.9 Å². The van der Waals surface area contributed by atoms with E-state index in [1.165, 1.54) is 4.90 Å². The summed E-state index contributed by atoms with van der Waals surface area (Å²) in [6.45, 7) is 4.41. The molecule has 0 unspecified atom stereocenters. The van der Waals surface area contributed by atoms with Crippen molar-refractivity contribution in [2.75, 3.05) is 13.2 Å². The van der Waals surface area contributed by atoms with Crippen LogP contribution in [0.25, 0.3) is 0 Å². The van der Waals surface area contributed by atoms with E-state index >= 15 is 0 Å². The van der Waals surface area contributed by atoms with Crippen LogP contribution in [0.1, 0.15) is 47.7 Å². The van der Waals surface area contributed by atoms with Crippen LogP contribution in [0.2, 0.25) is 0 Å². The maximum Gasteiger partial charge on any atom is 0.338 e. The Hall–Kier alpha value is -3.06. The van der Waals surface area contributed by atoms with Gasteiger partial charge >= 0.3 is 5.97 Å².